The normalized spacial score (nSPS) is 11.2. The van der Waals surface area contributed by atoms with Crippen molar-refractivity contribution in [3.8, 4) is 6.07 Å². The molecule has 2 N–H and O–H groups in total. The number of benzene rings is 1. The lowest BCUT2D eigenvalue weighted by Crippen LogP contribution is -1.95. The fourth-order valence-corrected chi connectivity index (χ4v) is 1.83. The zero-order valence-corrected chi connectivity index (χ0v) is 11.5. The highest BCUT2D eigenvalue weighted by Gasteiger charge is 2.09. The Bertz CT molecular complexity index is 663. The Labute approximate surface area is 120 Å². The van der Waals surface area contributed by atoms with Crippen molar-refractivity contribution in [3.05, 3.63) is 39.5 Å². The van der Waals surface area contributed by atoms with Gasteiger partial charge in [0.25, 0.3) is 0 Å². The first-order valence-corrected chi connectivity index (χ1v) is 6.04. The van der Waals surface area contributed by atoms with E-state index in [2.05, 4.69) is 41.9 Å². The number of aromatic nitrogens is 4. The number of anilines is 1. The fraction of sp³-hybridized carbons (Fsp3) is 0. The van der Waals surface area contributed by atoms with Crippen LogP contribution >= 0.6 is 27.5 Å². The number of tetrazole rings is 1. The van der Waals surface area contributed by atoms with Gasteiger partial charge in [0.05, 0.1) is 10.7 Å². The van der Waals surface area contributed by atoms with Gasteiger partial charge in [0.15, 0.2) is 0 Å². The first kappa shape index (κ1) is 13.5. The van der Waals surface area contributed by atoms with Crippen molar-refractivity contribution < 1.29 is 4.39 Å². The molecule has 0 spiro atoms. The van der Waals surface area contributed by atoms with Crippen LogP contribution in [0.2, 0.25) is 5.02 Å². The first-order chi connectivity index (χ1) is 9.11. The molecule has 1 aromatic carbocycles. The zero-order valence-electron chi connectivity index (χ0n) is 9.15. The highest BCUT2D eigenvalue weighted by atomic mass is 79.9. The smallest absolute Gasteiger partial charge is 0.216 e. The first-order valence-electron chi connectivity index (χ1n) is 4.87. The highest BCUT2D eigenvalue weighted by molar-refractivity contribution is 9.10. The molecule has 0 aliphatic carbocycles. The molecule has 96 valence electrons. The minimum atomic E-state index is -0.467. The van der Waals surface area contributed by atoms with Crippen LogP contribution in [0.5, 0.6) is 0 Å². The van der Waals surface area contributed by atoms with Crippen molar-refractivity contribution in [2.24, 2.45) is 0 Å². The largest absolute Gasteiger partial charge is 0.359 e. The maximum Gasteiger partial charge on any atom is 0.216 e. The molecule has 2 aromatic rings. The molecule has 6 nitrogen and oxygen atoms in total. The molecule has 0 aliphatic rings. The van der Waals surface area contributed by atoms with Gasteiger partial charge in [-0.25, -0.2) is 4.39 Å². The highest BCUT2D eigenvalue weighted by Crippen LogP contribution is 2.31. The van der Waals surface area contributed by atoms with E-state index in [9.17, 15) is 4.39 Å². The number of aromatic amines is 1. The number of hydrogen-bond acceptors (Lipinski definition) is 5. The molecular weight excluding hydrogens is 339 g/mol. The Kier molecular flexibility index (Phi) is 4.09. The third kappa shape index (κ3) is 3.07. The van der Waals surface area contributed by atoms with Gasteiger partial charge in [0.2, 0.25) is 5.82 Å². The van der Waals surface area contributed by atoms with Crippen LogP contribution in [0.15, 0.2) is 22.8 Å². The summed E-state index contributed by atoms with van der Waals surface area (Å²) in [5, 5.41) is 24.9. The van der Waals surface area contributed by atoms with E-state index in [0.717, 1.165) is 0 Å². The number of nitriles is 1. The molecular formula is C10H5BrClFN6. The number of H-pyrrole nitrogens is 1. The van der Waals surface area contributed by atoms with Crippen molar-refractivity contribution in [2.75, 3.05) is 5.32 Å². The molecule has 1 heterocycles. The van der Waals surface area contributed by atoms with Crippen LogP contribution in [0.1, 0.15) is 5.82 Å². The maximum atomic E-state index is 13.2. The van der Waals surface area contributed by atoms with Gasteiger partial charge in [-0.2, -0.15) is 10.5 Å². The Hall–Kier alpha value is -1.98. The van der Waals surface area contributed by atoms with Crippen molar-refractivity contribution in [1.29, 1.82) is 5.26 Å². The number of hydrogen-bond donors (Lipinski definition) is 2. The van der Waals surface area contributed by atoms with Gasteiger partial charge in [-0.05, 0) is 33.3 Å². The molecule has 0 saturated carbocycles. The molecule has 0 bridgehead atoms. The third-order valence-electron chi connectivity index (χ3n) is 2.07. The summed E-state index contributed by atoms with van der Waals surface area (Å²) in [5.41, 5.74) is 0.440. The van der Waals surface area contributed by atoms with E-state index in [1.807, 2.05) is 6.07 Å². The SMILES string of the molecule is N#CC(=CNc1cc(F)cc(Br)c1Cl)c1nn[nH]n1. The monoisotopic (exact) mass is 342 g/mol. The van der Waals surface area contributed by atoms with E-state index >= 15 is 0 Å². The molecule has 9 heteroatoms. The second-order valence-electron chi connectivity index (χ2n) is 3.30. The summed E-state index contributed by atoms with van der Waals surface area (Å²) in [6.07, 6.45) is 1.32. The molecule has 0 fully saturated rings. The van der Waals surface area contributed by atoms with Gasteiger partial charge in [0, 0.05) is 10.7 Å². The van der Waals surface area contributed by atoms with Crippen LogP contribution in [0.25, 0.3) is 5.57 Å². The number of rotatable bonds is 3. The molecule has 0 radical (unpaired) electrons. The standard InChI is InChI=1S/C10H5BrClFN6/c11-7-1-6(13)2-8(9(7)12)15-4-5(3-14)10-16-18-19-17-10/h1-2,4,15H,(H,16,17,18,19). The van der Waals surface area contributed by atoms with Crippen molar-refractivity contribution in [1.82, 2.24) is 20.6 Å². The number of halogens is 3. The Morgan fingerprint density at radius 2 is 2.37 bits per heavy atom. The van der Waals surface area contributed by atoms with Gasteiger partial charge in [-0.15, -0.1) is 10.2 Å². The summed E-state index contributed by atoms with van der Waals surface area (Å²) in [4.78, 5) is 0. The number of nitrogens with zero attached hydrogens (tertiary/aromatic N) is 4. The van der Waals surface area contributed by atoms with Crippen LogP contribution < -0.4 is 5.32 Å². The lowest BCUT2D eigenvalue weighted by molar-refractivity contribution is 0.627. The molecule has 0 saturated heterocycles. The van der Waals surface area contributed by atoms with Crippen molar-refractivity contribution in [3.63, 3.8) is 0 Å². The molecule has 2 rings (SSSR count). The van der Waals surface area contributed by atoms with E-state index in [0.29, 0.717) is 15.2 Å². The average Bonchev–Trinajstić information content (AvgIpc) is 2.89. The predicted molar refractivity (Wildman–Crippen MR) is 70.5 cm³/mol. The van der Waals surface area contributed by atoms with Crippen LogP contribution in [-0.4, -0.2) is 20.6 Å². The van der Waals surface area contributed by atoms with Gasteiger partial charge >= 0.3 is 0 Å². The van der Waals surface area contributed by atoms with Gasteiger partial charge in [-0.1, -0.05) is 11.6 Å². The maximum absolute atomic E-state index is 13.2. The molecule has 1 aromatic heterocycles. The molecule has 19 heavy (non-hydrogen) atoms. The van der Waals surface area contributed by atoms with Crippen LogP contribution in [0.3, 0.4) is 0 Å². The summed E-state index contributed by atoms with van der Waals surface area (Å²) in [5.74, 6) is -0.341. The second-order valence-corrected chi connectivity index (χ2v) is 4.53. The van der Waals surface area contributed by atoms with Crippen LogP contribution in [0.4, 0.5) is 10.1 Å². The Balaban J connectivity index is 2.30. The Morgan fingerprint density at radius 1 is 1.58 bits per heavy atom. The van der Waals surface area contributed by atoms with Gasteiger partial charge < -0.3 is 5.32 Å². The minimum Gasteiger partial charge on any atom is -0.359 e. The number of allylic oxidation sites excluding steroid dienone is 1. The van der Waals surface area contributed by atoms with Crippen molar-refractivity contribution >= 4 is 38.8 Å². The lowest BCUT2D eigenvalue weighted by atomic mass is 10.3. The second kappa shape index (κ2) is 5.77. The summed E-state index contributed by atoms with van der Waals surface area (Å²) in [7, 11) is 0. The van der Waals surface area contributed by atoms with E-state index < -0.39 is 5.82 Å². The van der Waals surface area contributed by atoms with Gasteiger partial charge in [0.1, 0.15) is 17.5 Å². The summed E-state index contributed by atoms with van der Waals surface area (Å²) >= 11 is 9.10. The fourth-order valence-electron chi connectivity index (χ4n) is 1.23. The Morgan fingerprint density at radius 3 is 3.00 bits per heavy atom. The molecule has 0 aliphatic heterocycles. The summed E-state index contributed by atoms with van der Waals surface area (Å²) < 4.78 is 13.6. The minimum absolute atomic E-state index is 0.126. The van der Waals surface area contributed by atoms with Gasteiger partial charge in [-0.3, -0.25) is 0 Å². The van der Waals surface area contributed by atoms with E-state index in [4.69, 9.17) is 16.9 Å². The van der Waals surface area contributed by atoms with E-state index in [-0.39, 0.29) is 11.4 Å². The van der Waals surface area contributed by atoms with E-state index in [1.54, 1.807) is 0 Å². The van der Waals surface area contributed by atoms with Crippen molar-refractivity contribution in [2.45, 2.75) is 0 Å². The summed E-state index contributed by atoms with van der Waals surface area (Å²) in [6.45, 7) is 0. The summed E-state index contributed by atoms with van der Waals surface area (Å²) in [6, 6.07) is 4.33. The topological polar surface area (TPSA) is 90.3 Å². The lowest BCUT2D eigenvalue weighted by Gasteiger charge is -2.06. The third-order valence-corrected chi connectivity index (χ3v) is 3.33. The number of nitrogens with one attached hydrogen (secondary N) is 2. The van der Waals surface area contributed by atoms with E-state index in [1.165, 1.54) is 18.3 Å². The quantitative estimate of drug-likeness (QED) is 0.660. The molecule has 0 atom stereocenters. The van der Waals surface area contributed by atoms with Crippen LogP contribution in [0, 0.1) is 17.1 Å². The zero-order chi connectivity index (χ0) is 13.8. The predicted octanol–water partition coefficient (Wildman–Crippen LogP) is 2.73. The molecule has 0 unspecified atom stereocenters. The average molecular weight is 344 g/mol. The van der Waals surface area contributed by atoms with Crippen LogP contribution in [-0.2, 0) is 0 Å². The molecule has 0 amide bonds.